The molecular formula is C18H15N3O3. The molecule has 0 saturated heterocycles. The Kier molecular flexibility index (Phi) is 4.11. The fourth-order valence-corrected chi connectivity index (χ4v) is 2.49. The number of fused-ring (bicyclic) bond motifs is 1. The number of carbonyl (C=O) groups is 2. The summed E-state index contributed by atoms with van der Waals surface area (Å²) in [7, 11) is 0. The summed E-state index contributed by atoms with van der Waals surface area (Å²) in [6.07, 6.45) is 0. The van der Waals surface area contributed by atoms with Crippen LogP contribution in [-0.4, -0.2) is 16.8 Å². The fourth-order valence-electron chi connectivity index (χ4n) is 2.49. The molecular weight excluding hydrogens is 306 g/mol. The van der Waals surface area contributed by atoms with E-state index in [-0.39, 0.29) is 5.56 Å². The highest BCUT2D eigenvalue weighted by Crippen LogP contribution is 2.14. The van der Waals surface area contributed by atoms with Crippen LogP contribution in [0.15, 0.2) is 65.5 Å². The molecule has 0 aliphatic rings. The van der Waals surface area contributed by atoms with Gasteiger partial charge >= 0.3 is 0 Å². The molecule has 2 amide bonds. The molecule has 0 saturated carbocycles. The molecule has 6 nitrogen and oxygen atoms in total. The molecule has 0 fully saturated rings. The Labute approximate surface area is 137 Å². The van der Waals surface area contributed by atoms with Crippen molar-refractivity contribution in [3.05, 3.63) is 82.1 Å². The maximum atomic E-state index is 12.5. The van der Waals surface area contributed by atoms with Crippen molar-refractivity contribution in [1.29, 1.82) is 0 Å². The molecule has 2 aromatic carbocycles. The van der Waals surface area contributed by atoms with Gasteiger partial charge in [-0.3, -0.25) is 14.4 Å². The first-order valence-corrected chi connectivity index (χ1v) is 7.33. The van der Waals surface area contributed by atoms with Crippen LogP contribution in [0.2, 0.25) is 0 Å². The van der Waals surface area contributed by atoms with Crippen LogP contribution in [0.5, 0.6) is 0 Å². The summed E-state index contributed by atoms with van der Waals surface area (Å²) in [5.74, 6) is -1.36. The third kappa shape index (κ3) is 3.03. The lowest BCUT2D eigenvalue weighted by Crippen LogP contribution is -2.39. The van der Waals surface area contributed by atoms with Gasteiger partial charge in [-0.05, 0) is 23.1 Å². The maximum absolute atomic E-state index is 12.5. The smallest absolute Gasteiger partial charge is 0.261 e. The molecule has 4 N–H and O–H groups in total. The minimum atomic E-state index is -1.01. The fraction of sp³-hybridized carbons (Fsp3) is 0.0556. The zero-order chi connectivity index (χ0) is 17.1. The van der Waals surface area contributed by atoms with Crippen LogP contribution in [0.25, 0.3) is 10.9 Å². The Morgan fingerprint density at radius 2 is 1.67 bits per heavy atom. The lowest BCUT2D eigenvalue weighted by atomic mass is 10.1. The number of benzene rings is 2. The molecule has 1 aromatic heterocycles. The number of aromatic amines is 1. The van der Waals surface area contributed by atoms with Gasteiger partial charge in [0.1, 0.15) is 11.6 Å². The van der Waals surface area contributed by atoms with Gasteiger partial charge in [0.25, 0.3) is 11.5 Å². The summed E-state index contributed by atoms with van der Waals surface area (Å²) in [6.45, 7) is 0. The standard InChI is InChI=1S/C18H15N3O3/c19-16(22)15(11-6-2-1-3-7-11)21-18(24)13-10-12-8-4-5-9-14(12)20-17(13)23/h1-10,15H,(H2,19,22)(H,20,23)(H,21,24). The molecule has 120 valence electrons. The molecule has 0 radical (unpaired) electrons. The Bertz CT molecular complexity index is 964. The quantitative estimate of drug-likeness (QED) is 0.678. The lowest BCUT2D eigenvalue weighted by Gasteiger charge is -2.15. The first kappa shape index (κ1) is 15.5. The Morgan fingerprint density at radius 3 is 2.38 bits per heavy atom. The highest BCUT2D eigenvalue weighted by molar-refractivity contribution is 5.99. The van der Waals surface area contributed by atoms with Gasteiger partial charge < -0.3 is 16.0 Å². The van der Waals surface area contributed by atoms with Crippen LogP contribution in [-0.2, 0) is 4.79 Å². The minimum absolute atomic E-state index is 0.0733. The first-order chi connectivity index (χ1) is 11.6. The second-order valence-corrected chi connectivity index (χ2v) is 5.32. The number of nitrogens with two attached hydrogens (primary N) is 1. The highest BCUT2D eigenvalue weighted by Gasteiger charge is 2.22. The van der Waals surface area contributed by atoms with Crippen LogP contribution < -0.4 is 16.6 Å². The number of carbonyl (C=O) groups excluding carboxylic acids is 2. The number of para-hydroxylation sites is 1. The number of pyridine rings is 1. The zero-order valence-electron chi connectivity index (χ0n) is 12.7. The van der Waals surface area contributed by atoms with E-state index in [1.165, 1.54) is 6.07 Å². The normalized spacial score (nSPS) is 11.8. The summed E-state index contributed by atoms with van der Waals surface area (Å²) in [5.41, 5.74) is 5.97. The van der Waals surface area contributed by atoms with E-state index in [2.05, 4.69) is 10.3 Å². The van der Waals surface area contributed by atoms with Crippen LogP contribution in [0, 0.1) is 0 Å². The molecule has 0 aliphatic carbocycles. The van der Waals surface area contributed by atoms with Crippen molar-refractivity contribution >= 4 is 22.7 Å². The molecule has 3 rings (SSSR count). The zero-order valence-corrected chi connectivity index (χ0v) is 12.7. The van der Waals surface area contributed by atoms with Crippen molar-refractivity contribution in [1.82, 2.24) is 10.3 Å². The SMILES string of the molecule is NC(=O)C(NC(=O)c1cc2ccccc2[nH]c1=O)c1ccccc1. The van der Waals surface area contributed by atoms with Gasteiger partial charge in [0.05, 0.1) is 0 Å². The van der Waals surface area contributed by atoms with Crippen LogP contribution in [0.1, 0.15) is 22.0 Å². The molecule has 1 unspecified atom stereocenters. The van der Waals surface area contributed by atoms with Gasteiger partial charge in [-0.25, -0.2) is 0 Å². The average molecular weight is 321 g/mol. The second kappa shape index (κ2) is 6.37. The maximum Gasteiger partial charge on any atom is 0.261 e. The monoisotopic (exact) mass is 321 g/mol. The van der Waals surface area contributed by atoms with E-state index in [1.807, 2.05) is 0 Å². The first-order valence-electron chi connectivity index (χ1n) is 7.33. The van der Waals surface area contributed by atoms with E-state index in [0.717, 1.165) is 5.39 Å². The van der Waals surface area contributed by atoms with Gasteiger partial charge in [-0.2, -0.15) is 0 Å². The summed E-state index contributed by atoms with van der Waals surface area (Å²) in [5, 5.41) is 3.24. The number of nitrogens with one attached hydrogen (secondary N) is 2. The van der Waals surface area contributed by atoms with Crippen LogP contribution >= 0.6 is 0 Å². The van der Waals surface area contributed by atoms with E-state index in [9.17, 15) is 14.4 Å². The number of hydrogen-bond acceptors (Lipinski definition) is 3. The van der Waals surface area contributed by atoms with E-state index in [1.54, 1.807) is 54.6 Å². The van der Waals surface area contributed by atoms with Gasteiger partial charge in [-0.15, -0.1) is 0 Å². The molecule has 0 bridgehead atoms. The van der Waals surface area contributed by atoms with Crippen molar-refractivity contribution in [2.24, 2.45) is 5.73 Å². The van der Waals surface area contributed by atoms with Gasteiger partial charge in [-0.1, -0.05) is 48.5 Å². The molecule has 24 heavy (non-hydrogen) atoms. The molecule has 0 spiro atoms. The number of hydrogen-bond donors (Lipinski definition) is 3. The van der Waals surface area contributed by atoms with Crippen molar-refractivity contribution in [3.63, 3.8) is 0 Å². The molecule has 3 aromatic rings. The number of rotatable bonds is 4. The third-order valence-electron chi connectivity index (χ3n) is 3.69. The predicted octanol–water partition coefficient (Wildman–Crippen LogP) is 1.48. The number of aromatic nitrogens is 1. The van der Waals surface area contributed by atoms with Gasteiger partial charge in [0.2, 0.25) is 5.91 Å². The minimum Gasteiger partial charge on any atom is -0.368 e. The van der Waals surface area contributed by atoms with E-state index >= 15 is 0 Å². The summed E-state index contributed by atoms with van der Waals surface area (Å²) >= 11 is 0. The highest BCUT2D eigenvalue weighted by atomic mass is 16.2. The molecule has 6 heteroatoms. The lowest BCUT2D eigenvalue weighted by molar-refractivity contribution is -0.120. The Hall–Kier alpha value is -3.41. The van der Waals surface area contributed by atoms with E-state index in [0.29, 0.717) is 11.1 Å². The Morgan fingerprint density at radius 1 is 1.00 bits per heavy atom. The molecule has 0 aliphatic heterocycles. The predicted molar refractivity (Wildman–Crippen MR) is 90.4 cm³/mol. The van der Waals surface area contributed by atoms with Crippen LogP contribution in [0.4, 0.5) is 0 Å². The van der Waals surface area contributed by atoms with Crippen molar-refractivity contribution in [2.45, 2.75) is 6.04 Å². The second-order valence-electron chi connectivity index (χ2n) is 5.32. The summed E-state index contributed by atoms with van der Waals surface area (Å²) < 4.78 is 0. The Balaban J connectivity index is 1.95. The van der Waals surface area contributed by atoms with Gasteiger partial charge in [0, 0.05) is 5.52 Å². The van der Waals surface area contributed by atoms with Crippen molar-refractivity contribution in [3.8, 4) is 0 Å². The van der Waals surface area contributed by atoms with E-state index < -0.39 is 23.4 Å². The molecule has 1 atom stereocenters. The average Bonchev–Trinajstić information content (AvgIpc) is 2.59. The summed E-state index contributed by atoms with van der Waals surface area (Å²) in [4.78, 5) is 38.9. The molecule has 1 heterocycles. The van der Waals surface area contributed by atoms with Crippen molar-refractivity contribution in [2.75, 3.05) is 0 Å². The number of H-pyrrole nitrogens is 1. The van der Waals surface area contributed by atoms with Gasteiger partial charge in [0.15, 0.2) is 0 Å². The van der Waals surface area contributed by atoms with Crippen LogP contribution in [0.3, 0.4) is 0 Å². The topological polar surface area (TPSA) is 105 Å². The third-order valence-corrected chi connectivity index (χ3v) is 3.69. The summed E-state index contributed by atoms with van der Waals surface area (Å²) in [6, 6.07) is 16.2. The number of primary amides is 1. The van der Waals surface area contributed by atoms with Crippen molar-refractivity contribution < 1.29 is 9.59 Å². The van der Waals surface area contributed by atoms with E-state index in [4.69, 9.17) is 5.73 Å². The largest absolute Gasteiger partial charge is 0.368 e. The number of amides is 2.